The van der Waals surface area contributed by atoms with Crippen molar-refractivity contribution in [2.45, 2.75) is 52.2 Å². The average molecular weight is 233 g/mol. The third-order valence-corrected chi connectivity index (χ3v) is 3.70. The second kappa shape index (κ2) is 5.54. The van der Waals surface area contributed by atoms with E-state index in [-0.39, 0.29) is 0 Å². The summed E-state index contributed by atoms with van der Waals surface area (Å²) in [5.41, 5.74) is 3.96. The predicted octanol–water partition coefficient (Wildman–Crippen LogP) is 3.67. The zero-order valence-electron chi connectivity index (χ0n) is 11.1. The van der Waals surface area contributed by atoms with Gasteiger partial charge in [0.25, 0.3) is 0 Å². The number of rotatable bonds is 3. The topological polar surface area (TPSA) is 21.3 Å². The van der Waals surface area contributed by atoms with Gasteiger partial charge in [0.05, 0.1) is 6.10 Å². The first-order valence-electron chi connectivity index (χ1n) is 6.64. The van der Waals surface area contributed by atoms with Gasteiger partial charge in [0.15, 0.2) is 0 Å². The van der Waals surface area contributed by atoms with E-state index in [1.807, 2.05) is 0 Å². The maximum atomic E-state index is 5.70. The number of ether oxygens (including phenoxy) is 1. The molecule has 1 aliphatic heterocycles. The molecule has 2 nitrogen and oxygen atoms in total. The number of benzene rings is 1. The summed E-state index contributed by atoms with van der Waals surface area (Å²) in [4.78, 5) is 0. The Morgan fingerprint density at radius 3 is 2.82 bits per heavy atom. The highest BCUT2D eigenvalue weighted by atomic mass is 16.5. The molecule has 0 spiro atoms. The van der Waals surface area contributed by atoms with Gasteiger partial charge in [-0.15, -0.1) is 0 Å². The molecule has 0 aromatic heterocycles. The summed E-state index contributed by atoms with van der Waals surface area (Å²) in [6, 6.07) is 7.18. The first-order valence-corrected chi connectivity index (χ1v) is 6.64. The Bertz CT molecular complexity index is 375. The monoisotopic (exact) mass is 233 g/mol. The first kappa shape index (κ1) is 12.4. The summed E-state index contributed by atoms with van der Waals surface area (Å²) >= 11 is 0. The molecule has 2 rings (SSSR count). The predicted molar refractivity (Wildman–Crippen MR) is 72.6 cm³/mol. The minimum atomic E-state index is 0.438. The number of hydrogen-bond donors (Lipinski definition) is 1. The second-order valence-electron chi connectivity index (χ2n) is 5.07. The Labute approximate surface area is 104 Å². The first-order chi connectivity index (χ1) is 8.19. The summed E-state index contributed by atoms with van der Waals surface area (Å²) in [5, 5.41) is 3.63. The molecular weight excluding hydrogens is 210 g/mol. The molecule has 1 fully saturated rings. The third kappa shape index (κ3) is 3.22. The van der Waals surface area contributed by atoms with Gasteiger partial charge < -0.3 is 10.1 Å². The van der Waals surface area contributed by atoms with Crippen LogP contribution in [0, 0.1) is 13.8 Å². The van der Waals surface area contributed by atoms with Gasteiger partial charge in [-0.3, -0.25) is 0 Å². The maximum Gasteiger partial charge on any atom is 0.0592 e. The highest BCUT2D eigenvalue weighted by Gasteiger charge is 2.20. The highest BCUT2D eigenvalue weighted by molar-refractivity contribution is 5.48. The molecule has 0 bridgehead atoms. The van der Waals surface area contributed by atoms with Crippen molar-refractivity contribution in [3.8, 4) is 0 Å². The van der Waals surface area contributed by atoms with Crippen molar-refractivity contribution in [2.24, 2.45) is 0 Å². The van der Waals surface area contributed by atoms with Crippen LogP contribution in [0.15, 0.2) is 18.2 Å². The second-order valence-corrected chi connectivity index (χ2v) is 5.07. The van der Waals surface area contributed by atoms with E-state index in [1.54, 1.807) is 0 Å². The summed E-state index contributed by atoms with van der Waals surface area (Å²) < 4.78 is 5.70. The molecule has 2 heteroatoms. The molecule has 1 N–H and O–H groups in total. The Morgan fingerprint density at radius 1 is 1.29 bits per heavy atom. The van der Waals surface area contributed by atoms with Gasteiger partial charge >= 0.3 is 0 Å². The van der Waals surface area contributed by atoms with Gasteiger partial charge in [0, 0.05) is 18.3 Å². The molecule has 0 amide bonds. The molecule has 0 saturated carbocycles. The lowest BCUT2D eigenvalue weighted by atomic mass is 10.0. The fourth-order valence-electron chi connectivity index (χ4n) is 2.36. The van der Waals surface area contributed by atoms with Gasteiger partial charge in [0.1, 0.15) is 0 Å². The van der Waals surface area contributed by atoms with Crippen molar-refractivity contribution in [1.29, 1.82) is 0 Å². The van der Waals surface area contributed by atoms with Crippen LogP contribution < -0.4 is 5.32 Å². The number of hydrogen-bond acceptors (Lipinski definition) is 2. The van der Waals surface area contributed by atoms with Crippen LogP contribution in [0.25, 0.3) is 0 Å². The molecular formula is C15H23NO. The number of anilines is 1. The van der Waals surface area contributed by atoms with E-state index in [1.165, 1.54) is 16.8 Å². The molecule has 2 atom stereocenters. The van der Waals surface area contributed by atoms with Crippen LogP contribution in [0.2, 0.25) is 0 Å². The van der Waals surface area contributed by atoms with Crippen LogP contribution in [-0.2, 0) is 4.74 Å². The molecule has 1 saturated heterocycles. The van der Waals surface area contributed by atoms with Crippen molar-refractivity contribution >= 4 is 5.69 Å². The van der Waals surface area contributed by atoms with Crippen LogP contribution in [0.3, 0.4) is 0 Å². The minimum Gasteiger partial charge on any atom is -0.382 e. The van der Waals surface area contributed by atoms with Gasteiger partial charge in [-0.1, -0.05) is 13.0 Å². The molecule has 1 aromatic rings. The van der Waals surface area contributed by atoms with E-state index in [4.69, 9.17) is 4.74 Å². The molecule has 2 unspecified atom stereocenters. The molecule has 1 heterocycles. The zero-order chi connectivity index (χ0) is 12.3. The van der Waals surface area contributed by atoms with Crippen LogP contribution in [0.5, 0.6) is 0 Å². The number of aryl methyl sites for hydroxylation is 2. The van der Waals surface area contributed by atoms with E-state index in [0.29, 0.717) is 12.1 Å². The lowest BCUT2D eigenvalue weighted by molar-refractivity contribution is 0.00926. The molecule has 1 aromatic carbocycles. The van der Waals surface area contributed by atoms with Crippen molar-refractivity contribution in [1.82, 2.24) is 0 Å². The van der Waals surface area contributed by atoms with Crippen LogP contribution >= 0.6 is 0 Å². The molecule has 0 radical (unpaired) electrons. The molecule has 17 heavy (non-hydrogen) atoms. The Kier molecular flexibility index (Phi) is 4.06. The number of nitrogens with one attached hydrogen (secondary N) is 1. The van der Waals surface area contributed by atoms with Gasteiger partial charge in [-0.25, -0.2) is 0 Å². The van der Waals surface area contributed by atoms with Gasteiger partial charge in [-0.2, -0.15) is 0 Å². The summed E-state index contributed by atoms with van der Waals surface area (Å²) in [7, 11) is 0. The van der Waals surface area contributed by atoms with Crippen molar-refractivity contribution in [2.75, 3.05) is 11.9 Å². The minimum absolute atomic E-state index is 0.438. The van der Waals surface area contributed by atoms with Gasteiger partial charge in [0.2, 0.25) is 0 Å². The largest absolute Gasteiger partial charge is 0.382 e. The summed E-state index contributed by atoms with van der Waals surface area (Å²) in [5.74, 6) is 0. The lowest BCUT2D eigenvalue weighted by Gasteiger charge is -2.30. The summed E-state index contributed by atoms with van der Waals surface area (Å²) in [6.07, 6.45) is 3.80. The highest BCUT2D eigenvalue weighted by Crippen LogP contribution is 2.21. The molecule has 0 aliphatic carbocycles. The lowest BCUT2D eigenvalue weighted by Crippen LogP contribution is -2.33. The normalized spacial score (nSPS) is 24.6. The fraction of sp³-hybridized carbons (Fsp3) is 0.600. The van der Waals surface area contributed by atoms with E-state index >= 15 is 0 Å². The molecule has 1 aliphatic rings. The standard InChI is InChI=1S/C15H23NO/c1-4-15-10-14(7-8-17-15)16-13-6-5-11(2)12(3)9-13/h5-6,9,14-16H,4,7-8,10H2,1-3H3. The average Bonchev–Trinajstić information content (AvgIpc) is 2.34. The van der Waals surface area contributed by atoms with Crippen molar-refractivity contribution in [3.05, 3.63) is 29.3 Å². The van der Waals surface area contributed by atoms with Crippen LogP contribution in [-0.4, -0.2) is 18.8 Å². The Balaban J connectivity index is 1.97. The Morgan fingerprint density at radius 2 is 2.12 bits per heavy atom. The fourth-order valence-corrected chi connectivity index (χ4v) is 2.36. The van der Waals surface area contributed by atoms with E-state index in [9.17, 15) is 0 Å². The SMILES string of the molecule is CCC1CC(Nc2ccc(C)c(C)c2)CCO1. The van der Waals surface area contributed by atoms with Gasteiger partial charge in [-0.05, 0) is 56.4 Å². The van der Waals surface area contributed by atoms with Crippen molar-refractivity contribution in [3.63, 3.8) is 0 Å². The van der Waals surface area contributed by atoms with Crippen molar-refractivity contribution < 1.29 is 4.74 Å². The third-order valence-electron chi connectivity index (χ3n) is 3.70. The van der Waals surface area contributed by atoms with E-state index in [2.05, 4.69) is 44.3 Å². The quantitative estimate of drug-likeness (QED) is 0.860. The summed E-state index contributed by atoms with van der Waals surface area (Å²) in [6.45, 7) is 7.41. The molecule has 94 valence electrons. The maximum absolute atomic E-state index is 5.70. The van der Waals surface area contributed by atoms with E-state index < -0.39 is 0 Å². The van der Waals surface area contributed by atoms with E-state index in [0.717, 1.165) is 25.9 Å². The smallest absolute Gasteiger partial charge is 0.0592 e. The van der Waals surface area contributed by atoms with Crippen LogP contribution in [0.4, 0.5) is 5.69 Å². The van der Waals surface area contributed by atoms with Crippen LogP contribution in [0.1, 0.15) is 37.3 Å². The Hall–Kier alpha value is -1.02. The zero-order valence-corrected chi connectivity index (χ0v) is 11.1.